The quantitative estimate of drug-likeness (QED) is 0.589. The van der Waals surface area contributed by atoms with E-state index in [1.54, 1.807) is 16.2 Å². The molecule has 0 bridgehead atoms. The lowest BCUT2D eigenvalue weighted by Gasteiger charge is -2.37. The lowest BCUT2D eigenvalue weighted by atomic mass is 10.00. The first-order valence-corrected chi connectivity index (χ1v) is 11.7. The number of carbonyl (C=O) groups excluding carboxylic acids is 2. The molecule has 5 nitrogen and oxygen atoms in total. The fourth-order valence-corrected chi connectivity index (χ4v) is 4.79. The molecule has 0 saturated heterocycles. The van der Waals surface area contributed by atoms with E-state index in [0.717, 1.165) is 18.6 Å². The molecule has 1 unspecified atom stereocenters. The zero-order valence-electron chi connectivity index (χ0n) is 18.2. The highest BCUT2D eigenvalue weighted by Crippen LogP contribution is 2.34. The molecule has 0 spiro atoms. The summed E-state index contributed by atoms with van der Waals surface area (Å²) in [6.45, 7) is 7.92. The third-order valence-electron chi connectivity index (χ3n) is 5.32. The van der Waals surface area contributed by atoms with Crippen molar-refractivity contribution >= 4 is 23.2 Å². The maximum Gasteiger partial charge on any atom is 0.242 e. The maximum absolute atomic E-state index is 13.3. The van der Waals surface area contributed by atoms with Crippen LogP contribution in [0, 0.1) is 5.92 Å². The second kappa shape index (κ2) is 10.6. The van der Waals surface area contributed by atoms with Gasteiger partial charge in [0.1, 0.15) is 12.4 Å². The SMILES string of the molecule is CCCN(CC(=O)N1CCc2sccc2C1COc1ccccc1)C(=O)CC(C)C. The second-order valence-electron chi connectivity index (χ2n) is 8.19. The van der Waals surface area contributed by atoms with Crippen molar-refractivity contribution in [2.75, 3.05) is 26.2 Å². The van der Waals surface area contributed by atoms with Crippen molar-refractivity contribution in [3.05, 3.63) is 52.2 Å². The zero-order chi connectivity index (χ0) is 21.5. The normalized spacial score (nSPS) is 15.7. The van der Waals surface area contributed by atoms with Gasteiger partial charge >= 0.3 is 0 Å². The molecule has 2 aromatic rings. The molecule has 0 aliphatic carbocycles. The van der Waals surface area contributed by atoms with Gasteiger partial charge in [-0.3, -0.25) is 9.59 Å². The zero-order valence-corrected chi connectivity index (χ0v) is 19.0. The van der Waals surface area contributed by atoms with Crippen molar-refractivity contribution in [3.8, 4) is 5.75 Å². The number of thiophene rings is 1. The van der Waals surface area contributed by atoms with E-state index in [4.69, 9.17) is 4.74 Å². The van der Waals surface area contributed by atoms with Crippen LogP contribution in [-0.4, -0.2) is 47.9 Å². The van der Waals surface area contributed by atoms with Gasteiger partial charge in [-0.15, -0.1) is 11.3 Å². The van der Waals surface area contributed by atoms with E-state index in [2.05, 4.69) is 11.4 Å². The fourth-order valence-electron chi connectivity index (χ4n) is 3.86. The Kier molecular flexibility index (Phi) is 7.91. The number of nitrogens with zero attached hydrogens (tertiary/aromatic N) is 2. The summed E-state index contributed by atoms with van der Waals surface area (Å²) in [6.07, 6.45) is 2.17. The van der Waals surface area contributed by atoms with Gasteiger partial charge in [0.05, 0.1) is 12.6 Å². The van der Waals surface area contributed by atoms with Crippen LogP contribution < -0.4 is 4.74 Å². The van der Waals surface area contributed by atoms with Gasteiger partial charge < -0.3 is 14.5 Å². The van der Waals surface area contributed by atoms with Gasteiger partial charge in [0.15, 0.2) is 0 Å². The Morgan fingerprint density at radius 2 is 2.00 bits per heavy atom. The topological polar surface area (TPSA) is 49.9 Å². The van der Waals surface area contributed by atoms with E-state index < -0.39 is 0 Å². The first kappa shape index (κ1) is 22.3. The summed E-state index contributed by atoms with van der Waals surface area (Å²) in [5.41, 5.74) is 1.17. The van der Waals surface area contributed by atoms with Crippen LogP contribution in [0.2, 0.25) is 0 Å². The highest BCUT2D eigenvalue weighted by atomic mass is 32.1. The Labute approximate surface area is 183 Å². The molecular formula is C24H32N2O3S. The first-order valence-electron chi connectivity index (χ1n) is 10.8. The minimum atomic E-state index is -0.128. The molecule has 1 aromatic heterocycles. The molecule has 1 atom stereocenters. The summed E-state index contributed by atoms with van der Waals surface area (Å²) in [4.78, 5) is 30.9. The van der Waals surface area contributed by atoms with Crippen LogP contribution in [0.1, 0.15) is 50.1 Å². The number of benzene rings is 1. The van der Waals surface area contributed by atoms with Crippen LogP contribution in [0.3, 0.4) is 0 Å². The van der Waals surface area contributed by atoms with Gasteiger partial charge in [-0.2, -0.15) is 0 Å². The number of amides is 2. The van der Waals surface area contributed by atoms with Gasteiger partial charge in [0.25, 0.3) is 0 Å². The van der Waals surface area contributed by atoms with Gasteiger partial charge in [0.2, 0.25) is 11.8 Å². The van der Waals surface area contributed by atoms with E-state index in [1.807, 2.05) is 56.0 Å². The number of carbonyl (C=O) groups is 2. The monoisotopic (exact) mass is 428 g/mol. The number of hydrogen-bond donors (Lipinski definition) is 0. The highest BCUT2D eigenvalue weighted by Gasteiger charge is 2.33. The Hall–Kier alpha value is -2.34. The summed E-state index contributed by atoms with van der Waals surface area (Å²) < 4.78 is 6.03. The molecule has 2 heterocycles. The van der Waals surface area contributed by atoms with Gasteiger partial charge in [-0.05, 0) is 47.9 Å². The van der Waals surface area contributed by atoms with E-state index in [1.165, 1.54) is 10.4 Å². The number of para-hydroxylation sites is 1. The van der Waals surface area contributed by atoms with Crippen LogP contribution in [0.5, 0.6) is 5.75 Å². The summed E-state index contributed by atoms with van der Waals surface area (Å²) in [6, 6.07) is 11.7. The standard InChI is InChI=1S/C24H32N2O3S/c1-4-12-25(23(27)15-18(2)3)16-24(28)26-13-10-22-20(11-14-30-22)21(26)17-29-19-8-6-5-7-9-19/h5-9,11,14,18,21H,4,10,12-13,15-17H2,1-3H3. The summed E-state index contributed by atoms with van der Waals surface area (Å²) in [7, 11) is 0. The van der Waals surface area contributed by atoms with Crippen LogP contribution in [0.15, 0.2) is 41.8 Å². The minimum Gasteiger partial charge on any atom is -0.491 e. The minimum absolute atomic E-state index is 0.000863. The number of rotatable bonds is 9. The Balaban J connectivity index is 1.74. The van der Waals surface area contributed by atoms with Gasteiger partial charge in [0, 0.05) is 24.4 Å². The summed E-state index contributed by atoms with van der Waals surface area (Å²) >= 11 is 1.74. The van der Waals surface area contributed by atoms with E-state index in [-0.39, 0.29) is 30.3 Å². The molecule has 3 rings (SSSR count). The molecule has 6 heteroatoms. The molecular weight excluding hydrogens is 396 g/mol. The largest absolute Gasteiger partial charge is 0.491 e. The third-order valence-corrected chi connectivity index (χ3v) is 6.32. The van der Waals surface area contributed by atoms with Crippen molar-refractivity contribution in [1.29, 1.82) is 0 Å². The maximum atomic E-state index is 13.3. The van der Waals surface area contributed by atoms with Crippen LogP contribution in [0.4, 0.5) is 0 Å². The molecule has 0 saturated carbocycles. The van der Waals surface area contributed by atoms with Crippen LogP contribution in [-0.2, 0) is 16.0 Å². The summed E-state index contributed by atoms with van der Waals surface area (Å²) in [5.74, 6) is 1.14. The Bertz CT molecular complexity index is 834. The second-order valence-corrected chi connectivity index (χ2v) is 9.19. The molecule has 0 fully saturated rings. The van der Waals surface area contributed by atoms with E-state index in [9.17, 15) is 9.59 Å². The van der Waals surface area contributed by atoms with Gasteiger partial charge in [-0.1, -0.05) is 39.0 Å². The molecule has 30 heavy (non-hydrogen) atoms. The Morgan fingerprint density at radius 1 is 1.23 bits per heavy atom. The van der Waals surface area contributed by atoms with Gasteiger partial charge in [-0.25, -0.2) is 0 Å². The first-order chi connectivity index (χ1) is 14.5. The molecule has 0 radical (unpaired) electrons. The van der Waals surface area contributed by atoms with Crippen molar-refractivity contribution in [3.63, 3.8) is 0 Å². The van der Waals surface area contributed by atoms with Crippen molar-refractivity contribution in [2.45, 2.75) is 46.1 Å². The predicted molar refractivity (Wildman–Crippen MR) is 121 cm³/mol. The Morgan fingerprint density at radius 3 is 2.70 bits per heavy atom. The third kappa shape index (κ3) is 5.63. The molecule has 1 aliphatic heterocycles. The molecule has 162 valence electrons. The average molecular weight is 429 g/mol. The average Bonchev–Trinajstić information content (AvgIpc) is 3.21. The van der Waals surface area contributed by atoms with Crippen molar-refractivity contribution in [1.82, 2.24) is 9.80 Å². The lowest BCUT2D eigenvalue weighted by molar-refractivity contribution is -0.143. The number of ether oxygens (including phenoxy) is 1. The summed E-state index contributed by atoms with van der Waals surface area (Å²) in [5, 5.41) is 2.09. The smallest absolute Gasteiger partial charge is 0.242 e. The number of fused-ring (bicyclic) bond motifs is 1. The molecule has 1 aromatic carbocycles. The van der Waals surface area contributed by atoms with E-state index >= 15 is 0 Å². The predicted octanol–water partition coefficient (Wildman–Crippen LogP) is 4.54. The van der Waals surface area contributed by atoms with Crippen LogP contribution in [0.25, 0.3) is 0 Å². The highest BCUT2D eigenvalue weighted by molar-refractivity contribution is 7.10. The van der Waals surface area contributed by atoms with E-state index in [0.29, 0.717) is 26.1 Å². The molecule has 2 amide bonds. The lowest BCUT2D eigenvalue weighted by Crippen LogP contribution is -2.48. The number of hydrogen-bond acceptors (Lipinski definition) is 4. The fraction of sp³-hybridized carbons (Fsp3) is 0.500. The van der Waals surface area contributed by atoms with Crippen LogP contribution >= 0.6 is 11.3 Å². The molecule has 1 aliphatic rings. The van der Waals surface area contributed by atoms with Crippen molar-refractivity contribution in [2.24, 2.45) is 5.92 Å². The van der Waals surface area contributed by atoms with Crippen molar-refractivity contribution < 1.29 is 14.3 Å². The molecule has 0 N–H and O–H groups in total.